The Balaban J connectivity index is 1.81. The van der Waals surface area contributed by atoms with E-state index < -0.39 is 16.0 Å². The zero-order chi connectivity index (χ0) is 18.7. The van der Waals surface area contributed by atoms with Gasteiger partial charge in [-0.3, -0.25) is 4.98 Å². The fourth-order valence-corrected chi connectivity index (χ4v) is 4.26. The SMILES string of the molecule is CS(=O)(=O)N1CCC[C@@H](Cc2cncc(-c3ccccc3C(=O)O)n2)C1. The molecule has 1 aliphatic rings. The molecule has 0 spiro atoms. The first-order chi connectivity index (χ1) is 12.3. The standard InChI is InChI=1S/C18H21N3O4S/c1-26(24,25)21-8-4-5-13(12-21)9-14-10-19-11-17(20-14)15-6-2-3-7-16(15)18(22)23/h2-3,6-7,10-11,13H,4-5,8-9,12H2,1H3,(H,22,23)/t13-/m0/s1. The highest BCUT2D eigenvalue weighted by Crippen LogP contribution is 2.24. The molecule has 8 heteroatoms. The van der Waals surface area contributed by atoms with Gasteiger partial charge in [-0.1, -0.05) is 18.2 Å². The molecule has 1 aliphatic heterocycles. The van der Waals surface area contributed by atoms with Crippen LogP contribution in [0.1, 0.15) is 28.9 Å². The molecule has 1 atom stereocenters. The number of carboxylic acids is 1. The molecule has 1 saturated heterocycles. The number of rotatable bonds is 5. The van der Waals surface area contributed by atoms with Gasteiger partial charge in [-0.05, 0) is 31.2 Å². The molecule has 0 amide bonds. The Bertz CT molecular complexity index is 914. The summed E-state index contributed by atoms with van der Waals surface area (Å²) in [6.07, 6.45) is 6.82. The molecule has 0 radical (unpaired) electrons. The average molecular weight is 375 g/mol. The van der Waals surface area contributed by atoms with Crippen molar-refractivity contribution in [2.45, 2.75) is 19.3 Å². The minimum atomic E-state index is -3.19. The summed E-state index contributed by atoms with van der Waals surface area (Å²) in [6.45, 7) is 1.05. The van der Waals surface area contributed by atoms with Crippen LogP contribution in [0.15, 0.2) is 36.7 Å². The van der Waals surface area contributed by atoms with Crippen LogP contribution in [0.3, 0.4) is 0 Å². The second kappa shape index (κ2) is 7.51. The topological polar surface area (TPSA) is 100 Å². The van der Waals surface area contributed by atoms with Crippen molar-refractivity contribution in [2.75, 3.05) is 19.3 Å². The van der Waals surface area contributed by atoms with Gasteiger partial charge < -0.3 is 5.11 Å². The fraction of sp³-hybridized carbons (Fsp3) is 0.389. The average Bonchev–Trinajstić information content (AvgIpc) is 2.61. The van der Waals surface area contributed by atoms with Crippen molar-refractivity contribution >= 4 is 16.0 Å². The first-order valence-electron chi connectivity index (χ1n) is 8.43. The number of carbonyl (C=O) groups is 1. The van der Waals surface area contributed by atoms with Crippen molar-refractivity contribution in [3.05, 3.63) is 47.9 Å². The minimum Gasteiger partial charge on any atom is -0.478 e. The molecule has 0 bridgehead atoms. The quantitative estimate of drug-likeness (QED) is 0.858. The molecular weight excluding hydrogens is 354 g/mol. The van der Waals surface area contributed by atoms with Crippen LogP contribution in [0.5, 0.6) is 0 Å². The Kier molecular flexibility index (Phi) is 5.33. The molecule has 7 nitrogen and oxygen atoms in total. The minimum absolute atomic E-state index is 0.178. The fourth-order valence-electron chi connectivity index (χ4n) is 3.32. The van der Waals surface area contributed by atoms with Gasteiger partial charge >= 0.3 is 5.97 Å². The Labute approximate surface area is 152 Å². The van der Waals surface area contributed by atoms with Crippen molar-refractivity contribution < 1.29 is 18.3 Å². The summed E-state index contributed by atoms with van der Waals surface area (Å²) in [5, 5.41) is 9.35. The molecule has 2 heterocycles. The lowest BCUT2D eigenvalue weighted by molar-refractivity contribution is 0.0697. The molecule has 138 valence electrons. The predicted octanol–water partition coefficient (Wildman–Crippen LogP) is 2.06. The summed E-state index contributed by atoms with van der Waals surface area (Å²) in [5.41, 5.74) is 1.95. The van der Waals surface area contributed by atoms with Crippen molar-refractivity contribution in [3.63, 3.8) is 0 Å². The van der Waals surface area contributed by atoms with Crippen LogP contribution < -0.4 is 0 Å². The maximum Gasteiger partial charge on any atom is 0.336 e. The van der Waals surface area contributed by atoms with Crippen LogP contribution in [0, 0.1) is 5.92 Å². The first-order valence-corrected chi connectivity index (χ1v) is 10.3. The number of hydrogen-bond donors (Lipinski definition) is 1. The maximum absolute atomic E-state index is 11.8. The van der Waals surface area contributed by atoms with Crippen molar-refractivity contribution in [1.29, 1.82) is 0 Å². The summed E-state index contributed by atoms with van der Waals surface area (Å²) in [7, 11) is -3.19. The van der Waals surface area contributed by atoms with E-state index in [0.29, 0.717) is 30.8 Å². The van der Waals surface area contributed by atoms with Gasteiger partial charge in [0.15, 0.2) is 0 Å². The van der Waals surface area contributed by atoms with E-state index in [1.807, 2.05) is 0 Å². The molecule has 0 aliphatic carbocycles. The summed E-state index contributed by atoms with van der Waals surface area (Å²) in [6, 6.07) is 6.69. The summed E-state index contributed by atoms with van der Waals surface area (Å²) >= 11 is 0. The maximum atomic E-state index is 11.8. The van der Waals surface area contributed by atoms with E-state index in [-0.39, 0.29) is 11.5 Å². The zero-order valence-corrected chi connectivity index (χ0v) is 15.3. The van der Waals surface area contributed by atoms with Crippen molar-refractivity contribution in [2.24, 2.45) is 5.92 Å². The highest BCUT2D eigenvalue weighted by Gasteiger charge is 2.26. The highest BCUT2D eigenvalue weighted by atomic mass is 32.2. The summed E-state index contributed by atoms with van der Waals surface area (Å²) < 4.78 is 25.0. The monoisotopic (exact) mass is 375 g/mol. The van der Waals surface area contributed by atoms with E-state index in [9.17, 15) is 18.3 Å². The normalized spacial score (nSPS) is 18.6. The molecular formula is C18H21N3O4S. The van der Waals surface area contributed by atoms with Gasteiger partial charge in [-0.15, -0.1) is 0 Å². The molecule has 0 saturated carbocycles. The Morgan fingerprint density at radius 3 is 2.81 bits per heavy atom. The van der Waals surface area contributed by atoms with Crippen LogP contribution in [0.2, 0.25) is 0 Å². The van der Waals surface area contributed by atoms with E-state index in [0.717, 1.165) is 18.5 Å². The molecule has 1 fully saturated rings. The van der Waals surface area contributed by atoms with E-state index in [4.69, 9.17) is 0 Å². The van der Waals surface area contributed by atoms with Crippen molar-refractivity contribution in [3.8, 4) is 11.3 Å². The Morgan fingerprint density at radius 1 is 1.31 bits per heavy atom. The number of aromatic nitrogens is 2. The van der Waals surface area contributed by atoms with Gasteiger partial charge in [0.05, 0.1) is 29.4 Å². The largest absolute Gasteiger partial charge is 0.478 e. The molecule has 1 aromatic carbocycles. The number of carboxylic acid groups (broad SMARTS) is 1. The smallest absolute Gasteiger partial charge is 0.336 e. The van der Waals surface area contributed by atoms with Gasteiger partial charge in [0.25, 0.3) is 0 Å². The number of hydrogen-bond acceptors (Lipinski definition) is 5. The van der Waals surface area contributed by atoms with Gasteiger partial charge in [0.2, 0.25) is 10.0 Å². The number of piperidine rings is 1. The number of benzene rings is 1. The second-order valence-corrected chi connectivity index (χ2v) is 8.56. The van der Waals surface area contributed by atoms with Gasteiger partial charge in [-0.2, -0.15) is 0 Å². The van der Waals surface area contributed by atoms with Crippen LogP contribution in [-0.4, -0.2) is 53.1 Å². The van der Waals surface area contributed by atoms with E-state index in [1.54, 1.807) is 30.6 Å². The van der Waals surface area contributed by atoms with Gasteiger partial charge in [0, 0.05) is 24.8 Å². The summed E-state index contributed by atoms with van der Waals surface area (Å²) in [5.74, 6) is -0.832. The third-order valence-corrected chi connectivity index (χ3v) is 5.84. The van der Waals surface area contributed by atoms with Crippen LogP contribution >= 0.6 is 0 Å². The molecule has 1 aromatic heterocycles. The molecule has 0 unspecified atom stereocenters. The molecule has 2 aromatic rings. The lowest BCUT2D eigenvalue weighted by Gasteiger charge is -2.30. The number of aromatic carboxylic acids is 1. The van der Waals surface area contributed by atoms with E-state index in [1.165, 1.54) is 16.6 Å². The Morgan fingerprint density at radius 2 is 2.08 bits per heavy atom. The number of sulfonamides is 1. The highest BCUT2D eigenvalue weighted by molar-refractivity contribution is 7.88. The van der Waals surface area contributed by atoms with E-state index in [2.05, 4.69) is 9.97 Å². The van der Waals surface area contributed by atoms with Crippen LogP contribution in [0.4, 0.5) is 0 Å². The lowest BCUT2D eigenvalue weighted by atomic mass is 9.94. The van der Waals surface area contributed by atoms with E-state index >= 15 is 0 Å². The Hall–Kier alpha value is -2.32. The first kappa shape index (κ1) is 18.5. The van der Waals surface area contributed by atoms with Crippen LogP contribution in [-0.2, 0) is 16.4 Å². The lowest BCUT2D eigenvalue weighted by Crippen LogP contribution is -2.39. The second-order valence-electron chi connectivity index (χ2n) is 6.58. The third-order valence-electron chi connectivity index (χ3n) is 4.57. The summed E-state index contributed by atoms with van der Waals surface area (Å²) in [4.78, 5) is 20.2. The molecule has 3 rings (SSSR count). The zero-order valence-electron chi connectivity index (χ0n) is 14.5. The van der Waals surface area contributed by atoms with Crippen molar-refractivity contribution in [1.82, 2.24) is 14.3 Å². The number of nitrogens with zero attached hydrogens (tertiary/aromatic N) is 3. The van der Waals surface area contributed by atoms with Gasteiger partial charge in [-0.25, -0.2) is 22.5 Å². The molecule has 26 heavy (non-hydrogen) atoms. The predicted molar refractivity (Wildman–Crippen MR) is 97.3 cm³/mol. The van der Waals surface area contributed by atoms with Gasteiger partial charge in [0.1, 0.15) is 0 Å². The van der Waals surface area contributed by atoms with Crippen LogP contribution in [0.25, 0.3) is 11.3 Å². The third kappa shape index (κ3) is 4.25. The molecule has 1 N–H and O–H groups in total.